The molecule has 0 fully saturated rings. The summed E-state index contributed by atoms with van der Waals surface area (Å²) in [6, 6.07) is 0. The number of esters is 1. The molecule has 0 aromatic carbocycles. The highest BCUT2D eigenvalue weighted by Gasteiger charge is 2.18. The highest BCUT2D eigenvalue weighted by molar-refractivity contribution is 5.80. The molecule has 3 N–H and O–H groups in total. The van der Waals surface area contributed by atoms with Gasteiger partial charge in [-0.05, 0) is 6.54 Å². The molecule has 0 radical (unpaired) electrons. The summed E-state index contributed by atoms with van der Waals surface area (Å²) in [5.74, 6) is -1.16. The van der Waals surface area contributed by atoms with Gasteiger partial charge in [0.2, 0.25) is 5.91 Å². The first-order chi connectivity index (χ1) is 7.52. The number of amides is 1. The van der Waals surface area contributed by atoms with Gasteiger partial charge in [-0.1, -0.05) is 13.8 Å². The van der Waals surface area contributed by atoms with Gasteiger partial charge in [0.25, 0.3) is 0 Å². The molecule has 0 bridgehead atoms. The SMILES string of the molecule is CCNCC(C)C(=O)NCC(O)C(=O)OC. The van der Waals surface area contributed by atoms with Crippen LogP contribution in [0.3, 0.4) is 0 Å². The zero-order valence-electron chi connectivity index (χ0n) is 9.95. The lowest BCUT2D eigenvalue weighted by Gasteiger charge is -2.14. The number of hydrogen-bond acceptors (Lipinski definition) is 5. The smallest absolute Gasteiger partial charge is 0.336 e. The van der Waals surface area contributed by atoms with E-state index in [0.717, 1.165) is 6.54 Å². The first kappa shape index (κ1) is 14.9. The molecule has 0 aliphatic rings. The highest BCUT2D eigenvalue weighted by atomic mass is 16.5. The standard InChI is InChI=1S/C10H20N2O4/c1-4-11-5-7(2)9(14)12-6-8(13)10(15)16-3/h7-8,11,13H,4-6H2,1-3H3,(H,12,14). The molecule has 0 saturated heterocycles. The summed E-state index contributed by atoms with van der Waals surface area (Å²) in [5.41, 5.74) is 0. The third-order valence-electron chi connectivity index (χ3n) is 2.09. The Hall–Kier alpha value is -1.14. The van der Waals surface area contributed by atoms with E-state index in [-0.39, 0.29) is 18.4 Å². The average molecular weight is 232 g/mol. The van der Waals surface area contributed by atoms with Crippen molar-refractivity contribution in [3.63, 3.8) is 0 Å². The van der Waals surface area contributed by atoms with Crippen molar-refractivity contribution in [3.05, 3.63) is 0 Å². The minimum absolute atomic E-state index is 0.123. The van der Waals surface area contributed by atoms with Crippen LogP contribution < -0.4 is 10.6 Å². The van der Waals surface area contributed by atoms with E-state index >= 15 is 0 Å². The molecule has 6 nitrogen and oxygen atoms in total. The number of carbonyl (C=O) groups is 2. The fourth-order valence-corrected chi connectivity index (χ4v) is 1.04. The van der Waals surface area contributed by atoms with Crippen molar-refractivity contribution in [1.82, 2.24) is 10.6 Å². The molecule has 94 valence electrons. The largest absolute Gasteiger partial charge is 0.467 e. The van der Waals surface area contributed by atoms with Crippen LogP contribution in [0.1, 0.15) is 13.8 Å². The maximum Gasteiger partial charge on any atom is 0.336 e. The van der Waals surface area contributed by atoms with Crippen molar-refractivity contribution in [2.24, 2.45) is 5.92 Å². The molecular weight excluding hydrogens is 212 g/mol. The van der Waals surface area contributed by atoms with Crippen LogP contribution in [0.5, 0.6) is 0 Å². The van der Waals surface area contributed by atoms with E-state index in [0.29, 0.717) is 6.54 Å². The fraction of sp³-hybridized carbons (Fsp3) is 0.800. The Balaban J connectivity index is 3.83. The van der Waals surface area contributed by atoms with Crippen LogP contribution in [0, 0.1) is 5.92 Å². The molecule has 0 spiro atoms. The molecule has 0 aromatic rings. The minimum atomic E-state index is -1.31. The highest BCUT2D eigenvalue weighted by Crippen LogP contribution is 1.93. The Morgan fingerprint density at radius 2 is 2.00 bits per heavy atom. The monoisotopic (exact) mass is 232 g/mol. The lowest BCUT2D eigenvalue weighted by Crippen LogP contribution is -2.41. The van der Waals surface area contributed by atoms with Crippen LogP contribution in [0.15, 0.2) is 0 Å². The van der Waals surface area contributed by atoms with Crippen LogP contribution in [0.25, 0.3) is 0 Å². The second kappa shape index (κ2) is 8.06. The number of rotatable bonds is 7. The van der Waals surface area contributed by atoms with Gasteiger partial charge in [-0.15, -0.1) is 0 Å². The number of ether oxygens (including phenoxy) is 1. The van der Waals surface area contributed by atoms with Crippen LogP contribution >= 0.6 is 0 Å². The number of nitrogens with one attached hydrogen (secondary N) is 2. The molecule has 0 rings (SSSR count). The molecule has 6 heteroatoms. The number of hydrogen-bond donors (Lipinski definition) is 3. The predicted molar refractivity (Wildman–Crippen MR) is 58.7 cm³/mol. The van der Waals surface area contributed by atoms with Gasteiger partial charge in [-0.2, -0.15) is 0 Å². The first-order valence-electron chi connectivity index (χ1n) is 5.27. The molecule has 16 heavy (non-hydrogen) atoms. The van der Waals surface area contributed by atoms with Gasteiger partial charge in [0, 0.05) is 12.5 Å². The van der Waals surface area contributed by atoms with Crippen molar-refractivity contribution >= 4 is 11.9 Å². The molecule has 1 amide bonds. The lowest BCUT2D eigenvalue weighted by molar-refractivity contribution is -0.150. The second-order valence-electron chi connectivity index (χ2n) is 3.49. The molecule has 0 heterocycles. The quantitative estimate of drug-likeness (QED) is 0.484. The zero-order valence-corrected chi connectivity index (χ0v) is 9.95. The molecule has 2 unspecified atom stereocenters. The van der Waals surface area contributed by atoms with Gasteiger partial charge in [0.1, 0.15) is 0 Å². The molecule has 0 aromatic heterocycles. The van der Waals surface area contributed by atoms with E-state index in [9.17, 15) is 14.7 Å². The Kier molecular flexibility index (Phi) is 7.49. The number of aliphatic hydroxyl groups excluding tert-OH is 1. The maximum atomic E-state index is 11.4. The van der Waals surface area contributed by atoms with Crippen LogP contribution in [-0.4, -0.2) is 49.8 Å². The van der Waals surface area contributed by atoms with Gasteiger partial charge in [-0.25, -0.2) is 4.79 Å². The number of methoxy groups -OCH3 is 1. The summed E-state index contributed by atoms with van der Waals surface area (Å²) in [6.45, 7) is 4.95. The van der Waals surface area contributed by atoms with Crippen LogP contribution in [0.2, 0.25) is 0 Å². The predicted octanol–water partition coefficient (Wildman–Crippen LogP) is -1.12. The fourth-order valence-electron chi connectivity index (χ4n) is 1.04. The van der Waals surface area contributed by atoms with Crippen molar-refractivity contribution in [2.75, 3.05) is 26.7 Å². The van der Waals surface area contributed by atoms with Crippen molar-refractivity contribution in [3.8, 4) is 0 Å². The third kappa shape index (κ3) is 5.67. The topological polar surface area (TPSA) is 87.7 Å². The van der Waals surface area contributed by atoms with Gasteiger partial charge >= 0.3 is 5.97 Å². The summed E-state index contributed by atoms with van der Waals surface area (Å²) in [4.78, 5) is 22.3. The Morgan fingerprint density at radius 1 is 1.38 bits per heavy atom. The van der Waals surface area contributed by atoms with Crippen molar-refractivity contribution < 1.29 is 19.4 Å². The zero-order chi connectivity index (χ0) is 12.6. The Bertz CT molecular complexity index is 233. The molecule has 2 atom stereocenters. The van der Waals surface area contributed by atoms with E-state index in [1.54, 1.807) is 6.92 Å². The Labute approximate surface area is 95.4 Å². The van der Waals surface area contributed by atoms with E-state index in [2.05, 4.69) is 15.4 Å². The van der Waals surface area contributed by atoms with E-state index < -0.39 is 12.1 Å². The second-order valence-corrected chi connectivity index (χ2v) is 3.49. The van der Waals surface area contributed by atoms with Gasteiger partial charge in [-0.3, -0.25) is 4.79 Å². The van der Waals surface area contributed by atoms with Crippen LogP contribution in [0.4, 0.5) is 0 Å². The van der Waals surface area contributed by atoms with Crippen molar-refractivity contribution in [1.29, 1.82) is 0 Å². The maximum absolute atomic E-state index is 11.4. The molecule has 0 saturated carbocycles. The normalized spacial score (nSPS) is 14.0. The summed E-state index contributed by atoms with van der Waals surface area (Å²) < 4.78 is 4.32. The molecule has 0 aliphatic heterocycles. The van der Waals surface area contributed by atoms with Gasteiger partial charge in [0.05, 0.1) is 13.7 Å². The molecular formula is C10H20N2O4. The molecule has 0 aliphatic carbocycles. The van der Waals surface area contributed by atoms with Crippen LogP contribution in [-0.2, 0) is 14.3 Å². The van der Waals surface area contributed by atoms with E-state index in [4.69, 9.17) is 0 Å². The third-order valence-corrected chi connectivity index (χ3v) is 2.09. The van der Waals surface area contributed by atoms with E-state index in [1.165, 1.54) is 7.11 Å². The number of aliphatic hydroxyl groups is 1. The summed E-state index contributed by atoms with van der Waals surface area (Å²) in [7, 11) is 1.18. The van der Waals surface area contributed by atoms with Gasteiger partial charge < -0.3 is 20.5 Å². The van der Waals surface area contributed by atoms with E-state index in [1.807, 2.05) is 6.92 Å². The van der Waals surface area contributed by atoms with Crippen molar-refractivity contribution in [2.45, 2.75) is 20.0 Å². The first-order valence-corrected chi connectivity index (χ1v) is 5.27. The minimum Gasteiger partial charge on any atom is -0.467 e. The van der Waals surface area contributed by atoms with Gasteiger partial charge in [0.15, 0.2) is 6.10 Å². The number of carbonyl (C=O) groups excluding carboxylic acids is 2. The summed E-state index contributed by atoms with van der Waals surface area (Å²) >= 11 is 0. The summed E-state index contributed by atoms with van der Waals surface area (Å²) in [5, 5.41) is 14.7. The lowest BCUT2D eigenvalue weighted by atomic mass is 10.1. The summed E-state index contributed by atoms with van der Waals surface area (Å²) in [6.07, 6.45) is -1.31. The Morgan fingerprint density at radius 3 is 2.50 bits per heavy atom. The average Bonchev–Trinajstić information content (AvgIpc) is 2.31.